The van der Waals surface area contributed by atoms with Crippen LogP contribution < -0.4 is 5.32 Å². The molecule has 2 aromatic heterocycles. The van der Waals surface area contributed by atoms with Crippen molar-refractivity contribution in [1.82, 2.24) is 20.4 Å². The molecular formula is C13H18N4O4. The van der Waals surface area contributed by atoms with E-state index in [1.807, 2.05) is 0 Å². The number of carbonyl (C=O) groups is 1. The fourth-order valence-electron chi connectivity index (χ4n) is 1.70. The third kappa shape index (κ3) is 4.69. The molecule has 2 rings (SSSR count). The van der Waals surface area contributed by atoms with Gasteiger partial charge in [-0.2, -0.15) is 0 Å². The van der Waals surface area contributed by atoms with Gasteiger partial charge in [0.2, 0.25) is 11.8 Å². The van der Waals surface area contributed by atoms with Gasteiger partial charge in [0.05, 0.1) is 26.0 Å². The first-order chi connectivity index (χ1) is 10.2. The normalized spacial score (nSPS) is 11.0. The van der Waals surface area contributed by atoms with E-state index in [-0.39, 0.29) is 12.5 Å². The number of rotatable bonds is 8. The zero-order valence-electron chi connectivity index (χ0n) is 12.0. The Morgan fingerprint density at radius 3 is 3.05 bits per heavy atom. The molecule has 1 amide bonds. The van der Waals surface area contributed by atoms with Crippen molar-refractivity contribution in [3.63, 3.8) is 0 Å². The molecule has 0 saturated heterocycles. The minimum absolute atomic E-state index is 0.0830. The maximum absolute atomic E-state index is 11.6. The monoisotopic (exact) mass is 294 g/mol. The quantitative estimate of drug-likeness (QED) is 0.709. The molecular weight excluding hydrogens is 276 g/mol. The Bertz CT molecular complexity index is 552. The number of furan rings is 1. The van der Waals surface area contributed by atoms with Gasteiger partial charge in [0, 0.05) is 13.7 Å². The van der Waals surface area contributed by atoms with E-state index in [4.69, 9.17) is 13.6 Å². The summed E-state index contributed by atoms with van der Waals surface area (Å²) < 4.78 is 15.5. The van der Waals surface area contributed by atoms with E-state index in [1.54, 1.807) is 31.2 Å². The average Bonchev–Trinajstić information content (AvgIpc) is 3.09. The highest BCUT2D eigenvalue weighted by molar-refractivity contribution is 5.77. The van der Waals surface area contributed by atoms with Crippen molar-refractivity contribution < 1.29 is 18.4 Å². The summed E-state index contributed by atoms with van der Waals surface area (Å²) in [6.45, 7) is 1.60. The fraction of sp³-hybridized carbons (Fsp3) is 0.462. The van der Waals surface area contributed by atoms with Crippen molar-refractivity contribution in [2.45, 2.75) is 6.54 Å². The molecule has 0 aliphatic heterocycles. The lowest BCUT2D eigenvalue weighted by atomic mass is 10.4. The molecule has 0 radical (unpaired) electrons. The molecule has 1 N–H and O–H groups in total. The Morgan fingerprint density at radius 2 is 2.33 bits per heavy atom. The molecule has 0 aliphatic rings. The molecule has 2 heterocycles. The van der Waals surface area contributed by atoms with E-state index in [0.717, 1.165) is 0 Å². The highest BCUT2D eigenvalue weighted by Gasteiger charge is 2.13. The highest BCUT2D eigenvalue weighted by atomic mass is 16.5. The number of likely N-dealkylation sites (N-methyl/N-ethyl adjacent to an activating group) is 1. The summed E-state index contributed by atoms with van der Waals surface area (Å²) in [5.74, 6) is 1.19. The third-order valence-electron chi connectivity index (χ3n) is 2.65. The summed E-state index contributed by atoms with van der Waals surface area (Å²) in [6.07, 6.45) is 1.54. The Labute approximate surface area is 122 Å². The molecule has 0 fully saturated rings. The predicted molar refractivity (Wildman–Crippen MR) is 73.2 cm³/mol. The van der Waals surface area contributed by atoms with Gasteiger partial charge in [-0.3, -0.25) is 9.69 Å². The van der Waals surface area contributed by atoms with Gasteiger partial charge < -0.3 is 18.9 Å². The molecule has 0 aliphatic carbocycles. The Kier molecular flexibility index (Phi) is 5.47. The summed E-state index contributed by atoms with van der Waals surface area (Å²) in [6, 6.07) is 3.49. The van der Waals surface area contributed by atoms with E-state index < -0.39 is 0 Å². The standard InChI is InChI=1S/C13H18N4O4/c1-17(8-11(18)14-5-7-19-2)9-12-15-16-13(21-12)10-4-3-6-20-10/h3-4,6H,5,7-9H2,1-2H3,(H,14,18). The van der Waals surface area contributed by atoms with Crippen LogP contribution in [0, 0.1) is 0 Å². The lowest BCUT2D eigenvalue weighted by molar-refractivity contribution is -0.122. The Balaban J connectivity index is 1.80. The number of methoxy groups -OCH3 is 1. The maximum Gasteiger partial charge on any atom is 0.283 e. The van der Waals surface area contributed by atoms with Crippen LogP contribution in [0.25, 0.3) is 11.7 Å². The third-order valence-corrected chi connectivity index (χ3v) is 2.65. The summed E-state index contributed by atoms with van der Waals surface area (Å²) >= 11 is 0. The van der Waals surface area contributed by atoms with E-state index in [2.05, 4.69) is 15.5 Å². The second-order valence-electron chi connectivity index (χ2n) is 4.49. The van der Waals surface area contributed by atoms with Crippen LogP contribution in [0.5, 0.6) is 0 Å². The van der Waals surface area contributed by atoms with Crippen molar-refractivity contribution in [1.29, 1.82) is 0 Å². The first-order valence-electron chi connectivity index (χ1n) is 6.49. The molecule has 0 atom stereocenters. The first-order valence-corrected chi connectivity index (χ1v) is 6.49. The van der Waals surface area contributed by atoms with Crippen LogP contribution in [0.2, 0.25) is 0 Å². The number of carbonyl (C=O) groups excluding carboxylic acids is 1. The summed E-state index contributed by atoms with van der Waals surface area (Å²) in [5.41, 5.74) is 0. The Hall–Kier alpha value is -2.19. The largest absolute Gasteiger partial charge is 0.459 e. The van der Waals surface area contributed by atoms with Crippen molar-refractivity contribution >= 4 is 5.91 Å². The van der Waals surface area contributed by atoms with Crippen molar-refractivity contribution in [2.24, 2.45) is 0 Å². The second kappa shape index (κ2) is 7.55. The molecule has 21 heavy (non-hydrogen) atoms. The SMILES string of the molecule is COCCNC(=O)CN(C)Cc1nnc(-c2ccco2)o1. The van der Waals surface area contributed by atoms with E-state index in [0.29, 0.717) is 37.2 Å². The molecule has 8 heteroatoms. The number of hydrogen-bond acceptors (Lipinski definition) is 7. The summed E-state index contributed by atoms with van der Waals surface area (Å²) in [4.78, 5) is 13.4. The first kappa shape index (κ1) is 15.2. The topological polar surface area (TPSA) is 93.6 Å². The zero-order chi connectivity index (χ0) is 15.1. The number of nitrogens with one attached hydrogen (secondary N) is 1. The predicted octanol–water partition coefficient (Wildman–Crippen LogP) is 0.524. The molecule has 114 valence electrons. The van der Waals surface area contributed by atoms with Crippen LogP contribution in [0.1, 0.15) is 5.89 Å². The number of aromatic nitrogens is 2. The van der Waals surface area contributed by atoms with Crippen LogP contribution >= 0.6 is 0 Å². The van der Waals surface area contributed by atoms with Gasteiger partial charge in [-0.15, -0.1) is 10.2 Å². The molecule has 0 saturated carbocycles. The maximum atomic E-state index is 11.6. The number of hydrogen-bond donors (Lipinski definition) is 1. The highest BCUT2D eigenvalue weighted by Crippen LogP contribution is 2.18. The van der Waals surface area contributed by atoms with Crippen LogP contribution in [-0.2, 0) is 16.1 Å². The Morgan fingerprint density at radius 1 is 1.48 bits per heavy atom. The van der Waals surface area contributed by atoms with Crippen LogP contribution in [0.3, 0.4) is 0 Å². The molecule has 0 spiro atoms. The summed E-state index contributed by atoms with van der Waals surface area (Å²) in [7, 11) is 3.39. The minimum atomic E-state index is -0.0830. The van der Waals surface area contributed by atoms with Gasteiger partial charge in [0.1, 0.15) is 0 Å². The average molecular weight is 294 g/mol. The zero-order valence-corrected chi connectivity index (χ0v) is 12.0. The van der Waals surface area contributed by atoms with Crippen LogP contribution in [0.15, 0.2) is 27.2 Å². The van der Waals surface area contributed by atoms with Crippen molar-refractivity contribution in [3.05, 3.63) is 24.3 Å². The van der Waals surface area contributed by atoms with Gasteiger partial charge in [-0.05, 0) is 19.2 Å². The molecule has 0 bridgehead atoms. The lowest BCUT2D eigenvalue weighted by Crippen LogP contribution is -2.36. The number of ether oxygens (including phenoxy) is 1. The molecule has 2 aromatic rings. The van der Waals surface area contributed by atoms with E-state index in [1.165, 1.54) is 6.26 Å². The van der Waals surface area contributed by atoms with Gasteiger partial charge in [-0.25, -0.2) is 0 Å². The fourth-order valence-corrected chi connectivity index (χ4v) is 1.70. The molecule has 0 unspecified atom stereocenters. The van der Waals surface area contributed by atoms with Crippen LogP contribution in [0.4, 0.5) is 0 Å². The van der Waals surface area contributed by atoms with Crippen molar-refractivity contribution in [2.75, 3.05) is 33.9 Å². The van der Waals surface area contributed by atoms with E-state index in [9.17, 15) is 4.79 Å². The van der Waals surface area contributed by atoms with Crippen molar-refractivity contribution in [3.8, 4) is 11.7 Å². The van der Waals surface area contributed by atoms with Gasteiger partial charge in [0.25, 0.3) is 5.89 Å². The minimum Gasteiger partial charge on any atom is -0.459 e. The van der Waals surface area contributed by atoms with Gasteiger partial charge >= 0.3 is 0 Å². The van der Waals surface area contributed by atoms with Crippen LogP contribution in [-0.4, -0.2) is 54.9 Å². The molecule has 0 aromatic carbocycles. The number of amides is 1. The molecule has 8 nitrogen and oxygen atoms in total. The smallest absolute Gasteiger partial charge is 0.283 e. The summed E-state index contributed by atoms with van der Waals surface area (Å²) in [5, 5.41) is 10.6. The van der Waals surface area contributed by atoms with Gasteiger partial charge in [-0.1, -0.05) is 0 Å². The second-order valence-corrected chi connectivity index (χ2v) is 4.49. The van der Waals surface area contributed by atoms with Gasteiger partial charge in [0.15, 0.2) is 5.76 Å². The lowest BCUT2D eigenvalue weighted by Gasteiger charge is -2.13. The van der Waals surface area contributed by atoms with E-state index >= 15 is 0 Å². The number of nitrogens with zero attached hydrogens (tertiary/aromatic N) is 3.